The number of nitro groups is 1. The first-order chi connectivity index (χ1) is 15.3. The molecule has 0 bridgehead atoms. The summed E-state index contributed by atoms with van der Waals surface area (Å²) in [5.74, 6) is -2.94. The standard InChI is InChI=1S/C23H22N2O7/c26-18(27)12-5-2-6-13-24-20(16-10-7-11-17(14-16)25(31)32)19(22(29)23(24)30)21(28)15-8-3-1-4-9-15/h1,3-4,7-11,14,20,28H,2,5-6,12-13H2,(H,26,27)/b21-19+/t20-/m1/s1. The molecule has 3 rings (SSSR count). The number of non-ortho nitro benzene ring substituents is 1. The average Bonchev–Trinajstić information content (AvgIpc) is 3.03. The van der Waals surface area contributed by atoms with Crippen LogP contribution < -0.4 is 0 Å². The lowest BCUT2D eigenvalue weighted by Crippen LogP contribution is -2.30. The lowest BCUT2D eigenvalue weighted by molar-refractivity contribution is -0.384. The number of likely N-dealkylation sites (tertiary alicyclic amines) is 1. The number of nitro benzene ring substituents is 1. The topological polar surface area (TPSA) is 138 Å². The van der Waals surface area contributed by atoms with Crippen LogP contribution in [0.15, 0.2) is 60.2 Å². The first-order valence-corrected chi connectivity index (χ1v) is 10.1. The molecule has 1 aliphatic heterocycles. The minimum Gasteiger partial charge on any atom is -0.507 e. The predicted molar refractivity (Wildman–Crippen MR) is 115 cm³/mol. The maximum atomic E-state index is 12.9. The minimum atomic E-state index is -0.991. The highest BCUT2D eigenvalue weighted by Gasteiger charge is 2.46. The van der Waals surface area contributed by atoms with Crippen molar-refractivity contribution in [3.63, 3.8) is 0 Å². The van der Waals surface area contributed by atoms with Gasteiger partial charge in [0.1, 0.15) is 5.76 Å². The van der Waals surface area contributed by atoms with Crippen molar-refractivity contribution in [3.05, 3.63) is 81.4 Å². The van der Waals surface area contributed by atoms with Gasteiger partial charge in [-0.2, -0.15) is 0 Å². The second-order valence-corrected chi connectivity index (χ2v) is 7.42. The lowest BCUT2D eigenvalue weighted by Gasteiger charge is -2.25. The summed E-state index contributed by atoms with van der Waals surface area (Å²) in [7, 11) is 0. The van der Waals surface area contributed by atoms with Crippen LogP contribution in [0.2, 0.25) is 0 Å². The molecule has 1 heterocycles. The minimum absolute atomic E-state index is 0.00112. The zero-order valence-electron chi connectivity index (χ0n) is 17.1. The average molecular weight is 438 g/mol. The van der Waals surface area contributed by atoms with E-state index < -0.39 is 28.6 Å². The summed E-state index contributed by atoms with van der Waals surface area (Å²) in [4.78, 5) is 48.4. The van der Waals surface area contributed by atoms with Crippen molar-refractivity contribution in [2.45, 2.75) is 31.7 Å². The lowest BCUT2D eigenvalue weighted by atomic mass is 9.95. The number of carbonyl (C=O) groups excluding carboxylic acids is 2. The van der Waals surface area contributed by atoms with Gasteiger partial charge in [0, 0.05) is 30.7 Å². The number of ketones is 1. The number of carboxylic acid groups (broad SMARTS) is 1. The van der Waals surface area contributed by atoms with Crippen LogP contribution in [0.4, 0.5) is 5.69 Å². The molecule has 9 heteroatoms. The van der Waals surface area contributed by atoms with Crippen molar-refractivity contribution in [2.75, 3.05) is 6.54 Å². The number of carboxylic acids is 1. The first kappa shape index (κ1) is 22.7. The highest BCUT2D eigenvalue weighted by Crippen LogP contribution is 2.40. The fourth-order valence-corrected chi connectivity index (χ4v) is 3.75. The van der Waals surface area contributed by atoms with Crippen LogP contribution >= 0.6 is 0 Å². The molecule has 2 N–H and O–H groups in total. The largest absolute Gasteiger partial charge is 0.507 e. The molecule has 1 aliphatic rings. The van der Waals surface area contributed by atoms with E-state index in [2.05, 4.69) is 0 Å². The van der Waals surface area contributed by atoms with Crippen molar-refractivity contribution < 1.29 is 29.5 Å². The van der Waals surface area contributed by atoms with E-state index in [0.717, 1.165) is 0 Å². The smallest absolute Gasteiger partial charge is 0.303 e. The van der Waals surface area contributed by atoms with Gasteiger partial charge in [0.05, 0.1) is 16.5 Å². The summed E-state index contributed by atoms with van der Waals surface area (Å²) < 4.78 is 0. The van der Waals surface area contributed by atoms with Gasteiger partial charge in [0.25, 0.3) is 17.4 Å². The van der Waals surface area contributed by atoms with E-state index in [-0.39, 0.29) is 30.0 Å². The van der Waals surface area contributed by atoms with E-state index in [1.807, 2.05) is 0 Å². The molecular weight excluding hydrogens is 416 g/mol. The summed E-state index contributed by atoms with van der Waals surface area (Å²) in [5.41, 5.74) is 0.352. The van der Waals surface area contributed by atoms with Crippen molar-refractivity contribution in [1.29, 1.82) is 0 Å². The van der Waals surface area contributed by atoms with Crippen molar-refractivity contribution in [1.82, 2.24) is 4.90 Å². The molecule has 166 valence electrons. The number of Topliss-reactive ketones (excluding diaryl/α,β-unsaturated/α-hetero) is 1. The molecule has 1 amide bonds. The molecule has 1 fully saturated rings. The van der Waals surface area contributed by atoms with Gasteiger partial charge in [0.2, 0.25) is 0 Å². The molecule has 0 aliphatic carbocycles. The van der Waals surface area contributed by atoms with Gasteiger partial charge in [0.15, 0.2) is 0 Å². The summed E-state index contributed by atoms with van der Waals surface area (Å²) in [6.45, 7) is 0.142. The number of rotatable bonds is 9. The molecule has 32 heavy (non-hydrogen) atoms. The normalized spacial score (nSPS) is 17.5. The van der Waals surface area contributed by atoms with Crippen LogP contribution in [0.1, 0.15) is 42.9 Å². The first-order valence-electron chi connectivity index (χ1n) is 10.1. The fourth-order valence-electron chi connectivity index (χ4n) is 3.75. The Morgan fingerprint density at radius 3 is 2.38 bits per heavy atom. The zero-order chi connectivity index (χ0) is 23.3. The Bertz CT molecular complexity index is 1080. The van der Waals surface area contributed by atoms with Crippen LogP contribution in [0.3, 0.4) is 0 Å². The number of amides is 1. The molecule has 0 saturated carbocycles. The van der Waals surface area contributed by atoms with Gasteiger partial charge in [-0.15, -0.1) is 0 Å². The number of hydrogen-bond acceptors (Lipinski definition) is 6. The number of benzene rings is 2. The monoisotopic (exact) mass is 438 g/mol. The third kappa shape index (κ3) is 4.83. The maximum absolute atomic E-state index is 12.9. The molecule has 0 aromatic heterocycles. The summed E-state index contributed by atoms with van der Waals surface area (Å²) >= 11 is 0. The molecular formula is C23H22N2O7. The summed E-state index contributed by atoms with van der Waals surface area (Å²) in [5, 5.41) is 30.9. The Labute approximate surface area is 183 Å². The van der Waals surface area contributed by atoms with Crippen molar-refractivity contribution in [2.24, 2.45) is 0 Å². The van der Waals surface area contributed by atoms with Gasteiger partial charge < -0.3 is 15.1 Å². The highest BCUT2D eigenvalue weighted by atomic mass is 16.6. The molecule has 1 saturated heterocycles. The number of hydrogen-bond donors (Lipinski definition) is 2. The Kier molecular flexibility index (Phi) is 6.99. The Balaban J connectivity index is 2.01. The van der Waals surface area contributed by atoms with Gasteiger partial charge in [-0.25, -0.2) is 0 Å². The number of carbonyl (C=O) groups is 3. The zero-order valence-corrected chi connectivity index (χ0v) is 17.1. The third-order valence-electron chi connectivity index (χ3n) is 5.27. The van der Waals surface area contributed by atoms with Crippen LogP contribution in [-0.2, 0) is 14.4 Å². The quantitative estimate of drug-likeness (QED) is 0.152. The molecule has 2 aromatic carbocycles. The Morgan fingerprint density at radius 1 is 1.00 bits per heavy atom. The van der Waals surface area contributed by atoms with E-state index in [4.69, 9.17) is 5.11 Å². The number of aliphatic hydroxyl groups is 1. The second-order valence-electron chi connectivity index (χ2n) is 7.42. The Hall–Kier alpha value is -4.01. The van der Waals surface area contributed by atoms with E-state index >= 15 is 0 Å². The molecule has 2 aromatic rings. The van der Waals surface area contributed by atoms with Crippen molar-refractivity contribution in [3.8, 4) is 0 Å². The summed E-state index contributed by atoms with van der Waals surface area (Å²) in [6.07, 6.45) is 1.39. The van der Waals surface area contributed by atoms with E-state index in [9.17, 15) is 29.6 Å². The fraction of sp³-hybridized carbons (Fsp3) is 0.261. The number of unbranched alkanes of at least 4 members (excludes halogenated alkanes) is 2. The number of nitrogens with zero attached hydrogens (tertiary/aromatic N) is 2. The third-order valence-corrected chi connectivity index (χ3v) is 5.27. The van der Waals surface area contributed by atoms with Crippen LogP contribution in [0.25, 0.3) is 5.76 Å². The molecule has 9 nitrogen and oxygen atoms in total. The van der Waals surface area contributed by atoms with E-state index in [1.165, 1.54) is 23.1 Å². The number of aliphatic carboxylic acids is 1. The van der Waals surface area contributed by atoms with E-state index in [0.29, 0.717) is 30.4 Å². The maximum Gasteiger partial charge on any atom is 0.303 e. The van der Waals surface area contributed by atoms with Crippen LogP contribution in [0, 0.1) is 10.1 Å². The van der Waals surface area contributed by atoms with E-state index in [1.54, 1.807) is 36.4 Å². The number of aliphatic hydroxyl groups excluding tert-OH is 1. The Morgan fingerprint density at radius 2 is 1.72 bits per heavy atom. The van der Waals surface area contributed by atoms with Gasteiger partial charge in [-0.1, -0.05) is 48.9 Å². The van der Waals surface area contributed by atoms with Gasteiger partial charge in [-0.3, -0.25) is 24.5 Å². The summed E-state index contributed by atoms with van der Waals surface area (Å²) in [6, 6.07) is 12.9. The molecule has 0 radical (unpaired) electrons. The van der Waals surface area contributed by atoms with Gasteiger partial charge in [-0.05, 0) is 18.4 Å². The highest BCUT2D eigenvalue weighted by molar-refractivity contribution is 6.46. The second kappa shape index (κ2) is 9.86. The van der Waals surface area contributed by atoms with Crippen LogP contribution in [0.5, 0.6) is 0 Å². The van der Waals surface area contributed by atoms with Gasteiger partial charge >= 0.3 is 5.97 Å². The van der Waals surface area contributed by atoms with Crippen molar-refractivity contribution >= 4 is 29.1 Å². The predicted octanol–water partition coefficient (Wildman–Crippen LogP) is 3.66. The molecule has 1 atom stereocenters. The molecule has 0 unspecified atom stereocenters. The van der Waals surface area contributed by atoms with Crippen LogP contribution in [-0.4, -0.2) is 44.2 Å². The SMILES string of the molecule is O=C(O)CCCCCN1C(=O)C(=O)/C(=C(/O)c2ccccc2)[C@H]1c1cccc([N+](=O)[O-])c1. The molecule has 0 spiro atoms.